The van der Waals surface area contributed by atoms with Crippen LogP contribution in [0.5, 0.6) is 0 Å². The van der Waals surface area contributed by atoms with Crippen LogP contribution in [-0.4, -0.2) is 37.0 Å². The molecule has 2 aromatic heterocycles. The lowest BCUT2D eigenvalue weighted by molar-refractivity contribution is -0.119. The minimum atomic E-state index is -0.108. The summed E-state index contributed by atoms with van der Waals surface area (Å²) in [5, 5.41) is 7.99. The predicted octanol–water partition coefficient (Wildman–Crippen LogP) is 3.17. The molecule has 3 aromatic rings. The van der Waals surface area contributed by atoms with Crippen molar-refractivity contribution in [2.75, 3.05) is 5.75 Å². The van der Waals surface area contributed by atoms with Gasteiger partial charge < -0.3 is 5.32 Å². The van der Waals surface area contributed by atoms with Crippen molar-refractivity contribution in [2.24, 2.45) is 0 Å². The molecule has 0 aliphatic heterocycles. The van der Waals surface area contributed by atoms with E-state index >= 15 is 0 Å². The Hall–Kier alpha value is -2.61. The van der Waals surface area contributed by atoms with Crippen molar-refractivity contribution in [1.82, 2.24) is 24.6 Å². The summed E-state index contributed by atoms with van der Waals surface area (Å²) in [5.41, 5.74) is 2.91. The first-order valence-corrected chi connectivity index (χ1v) is 11.4. The SMILES string of the molecule is CC[C@H](C)NC(=O)CSc1nc2c(C)nn(CC)c2c(=O)n1CCc1ccccc1. The van der Waals surface area contributed by atoms with E-state index in [4.69, 9.17) is 4.98 Å². The van der Waals surface area contributed by atoms with E-state index in [-0.39, 0.29) is 23.3 Å². The minimum absolute atomic E-state index is 0.0562. The number of benzene rings is 1. The van der Waals surface area contributed by atoms with Gasteiger partial charge in [-0.15, -0.1) is 0 Å². The Morgan fingerprint density at radius 1 is 1.23 bits per heavy atom. The van der Waals surface area contributed by atoms with Crippen LogP contribution in [0.1, 0.15) is 38.4 Å². The molecule has 0 aliphatic rings. The van der Waals surface area contributed by atoms with Crippen LogP contribution in [0.3, 0.4) is 0 Å². The second kappa shape index (κ2) is 9.93. The smallest absolute Gasteiger partial charge is 0.280 e. The maximum Gasteiger partial charge on any atom is 0.280 e. The highest BCUT2D eigenvalue weighted by molar-refractivity contribution is 7.99. The van der Waals surface area contributed by atoms with Gasteiger partial charge in [0.1, 0.15) is 5.52 Å². The zero-order chi connectivity index (χ0) is 21.7. The maximum absolute atomic E-state index is 13.4. The number of amides is 1. The highest BCUT2D eigenvalue weighted by atomic mass is 32.2. The molecular formula is C22H29N5O2S. The summed E-state index contributed by atoms with van der Waals surface area (Å²) in [6.45, 7) is 8.92. The fourth-order valence-corrected chi connectivity index (χ4v) is 4.09. The van der Waals surface area contributed by atoms with E-state index in [0.29, 0.717) is 35.7 Å². The molecule has 1 atom stereocenters. The van der Waals surface area contributed by atoms with E-state index in [1.807, 2.05) is 58.0 Å². The van der Waals surface area contributed by atoms with E-state index in [0.717, 1.165) is 17.7 Å². The van der Waals surface area contributed by atoms with Gasteiger partial charge in [-0.05, 0) is 39.2 Å². The summed E-state index contributed by atoms with van der Waals surface area (Å²) in [6, 6.07) is 10.2. The molecule has 1 amide bonds. The molecule has 1 N–H and O–H groups in total. The summed E-state index contributed by atoms with van der Waals surface area (Å²) in [4.78, 5) is 30.4. The Morgan fingerprint density at radius 3 is 2.63 bits per heavy atom. The van der Waals surface area contributed by atoms with Crippen molar-refractivity contribution in [3.05, 3.63) is 51.9 Å². The Labute approximate surface area is 180 Å². The second-order valence-corrected chi connectivity index (χ2v) is 8.29. The van der Waals surface area contributed by atoms with Crippen LogP contribution < -0.4 is 10.9 Å². The van der Waals surface area contributed by atoms with Gasteiger partial charge in [-0.3, -0.25) is 18.8 Å². The molecule has 0 saturated carbocycles. The molecule has 0 spiro atoms. The van der Waals surface area contributed by atoms with Crippen LogP contribution in [0.2, 0.25) is 0 Å². The number of carbonyl (C=O) groups excluding carboxylic acids is 1. The van der Waals surface area contributed by atoms with Crippen molar-refractivity contribution in [1.29, 1.82) is 0 Å². The molecule has 3 rings (SSSR count). The van der Waals surface area contributed by atoms with Crippen molar-refractivity contribution in [3.63, 3.8) is 0 Å². The van der Waals surface area contributed by atoms with Gasteiger partial charge in [-0.2, -0.15) is 5.10 Å². The number of carbonyl (C=O) groups is 1. The summed E-state index contributed by atoms with van der Waals surface area (Å²) in [5.74, 6) is 0.161. The number of rotatable bonds is 9. The molecular weight excluding hydrogens is 398 g/mol. The maximum atomic E-state index is 13.4. The van der Waals surface area contributed by atoms with Crippen LogP contribution in [0, 0.1) is 6.92 Å². The molecule has 0 bridgehead atoms. The van der Waals surface area contributed by atoms with Gasteiger partial charge in [0.05, 0.1) is 11.4 Å². The summed E-state index contributed by atoms with van der Waals surface area (Å²) in [7, 11) is 0. The lowest BCUT2D eigenvalue weighted by Gasteiger charge is -2.14. The fourth-order valence-electron chi connectivity index (χ4n) is 3.26. The average molecular weight is 428 g/mol. The van der Waals surface area contributed by atoms with Crippen molar-refractivity contribution in [3.8, 4) is 0 Å². The number of hydrogen-bond acceptors (Lipinski definition) is 5. The zero-order valence-electron chi connectivity index (χ0n) is 18.0. The number of nitrogens with one attached hydrogen (secondary N) is 1. The average Bonchev–Trinajstić information content (AvgIpc) is 3.08. The Kier molecular flexibility index (Phi) is 7.31. The number of aromatic nitrogens is 4. The fraction of sp³-hybridized carbons (Fsp3) is 0.455. The molecule has 0 aliphatic carbocycles. The molecule has 0 radical (unpaired) electrons. The molecule has 8 heteroatoms. The molecule has 160 valence electrons. The third kappa shape index (κ3) is 4.92. The molecule has 30 heavy (non-hydrogen) atoms. The van der Waals surface area contributed by atoms with Crippen LogP contribution in [0.15, 0.2) is 40.3 Å². The standard InChI is InChI=1S/C22H29N5O2S/c1-5-15(3)23-18(28)14-30-22-24-19-16(4)25-27(6-2)20(19)21(29)26(22)13-12-17-10-8-7-9-11-17/h7-11,15H,5-6,12-14H2,1-4H3,(H,23,28)/t15-/m0/s1. The topological polar surface area (TPSA) is 81.8 Å². The number of nitrogens with zero attached hydrogens (tertiary/aromatic N) is 4. The van der Waals surface area contributed by atoms with Gasteiger partial charge in [0, 0.05) is 19.1 Å². The van der Waals surface area contributed by atoms with E-state index in [1.165, 1.54) is 11.8 Å². The van der Waals surface area contributed by atoms with Crippen LogP contribution in [-0.2, 0) is 24.3 Å². The van der Waals surface area contributed by atoms with Gasteiger partial charge in [0.2, 0.25) is 5.91 Å². The highest BCUT2D eigenvalue weighted by Gasteiger charge is 2.19. The van der Waals surface area contributed by atoms with Gasteiger partial charge in [-0.25, -0.2) is 4.98 Å². The number of thioether (sulfide) groups is 1. The van der Waals surface area contributed by atoms with Gasteiger partial charge in [0.15, 0.2) is 10.7 Å². The molecule has 7 nitrogen and oxygen atoms in total. The highest BCUT2D eigenvalue weighted by Crippen LogP contribution is 2.20. The Morgan fingerprint density at radius 2 is 1.97 bits per heavy atom. The van der Waals surface area contributed by atoms with Crippen LogP contribution in [0.4, 0.5) is 0 Å². The first-order chi connectivity index (χ1) is 14.4. The quantitative estimate of drug-likeness (QED) is 0.419. The zero-order valence-corrected chi connectivity index (χ0v) is 18.8. The van der Waals surface area contributed by atoms with Gasteiger partial charge in [-0.1, -0.05) is 49.0 Å². The summed E-state index contributed by atoms with van der Waals surface area (Å²) < 4.78 is 3.40. The number of fused-ring (bicyclic) bond motifs is 1. The van der Waals surface area contributed by atoms with Crippen LogP contribution in [0.25, 0.3) is 11.0 Å². The third-order valence-corrected chi connectivity index (χ3v) is 6.08. The Bertz CT molecular complexity index is 1070. The van der Waals surface area contributed by atoms with E-state index in [9.17, 15) is 9.59 Å². The predicted molar refractivity (Wildman–Crippen MR) is 121 cm³/mol. The van der Waals surface area contributed by atoms with E-state index in [1.54, 1.807) is 9.25 Å². The number of aryl methyl sites for hydroxylation is 3. The van der Waals surface area contributed by atoms with Gasteiger partial charge in [0.25, 0.3) is 5.56 Å². The lowest BCUT2D eigenvalue weighted by atomic mass is 10.1. The first kappa shape index (κ1) is 22.1. The summed E-state index contributed by atoms with van der Waals surface area (Å²) >= 11 is 1.30. The molecule has 0 unspecified atom stereocenters. The normalized spacial score (nSPS) is 12.3. The molecule has 0 saturated heterocycles. The largest absolute Gasteiger partial charge is 0.353 e. The van der Waals surface area contributed by atoms with Crippen molar-refractivity contribution >= 4 is 28.7 Å². The first-order valence-electron chi connectivity index (χ1n) is 10.4. The Balaban J connectivity index is 1.95. The molecule has 2 heterocycles. The second-order valence-electron chi connectivity index (χ2n) is 7.35. The van der Waals surface area contributed by atoms with Crippen molar-refractivity contribution < 1.29 is 4.79 Å². The molecule has 1 aromatic carbocycles. The number of hydrogen-bond donors (Lipinski definition) is 1. The van der Waals surface area contributed by atoms with E-state index in [2.05, 4.69) is 10.4 Å². The summed E-state index contributed by atoms with van der Waals surface area (Å²) in [6.07, 6.45) is 1.58. The van der Waals surface area contributed by atoms with E-state index < -0.39 is 0 Å². The lowest BCUT2D eigenvalue weighted by Crippen LogP contribution is -2.33. The van der Waals surface area contributed by atoms with Crippen LogP contribution >= 0.6 is 11.8 Å². The monoisotopic (exact) mass is 427 g/mol. The molecule has 0 fully saturated rings. The van der Waals surface area contributed by atoms with Crippen molar-refractivity contribution in [2.45, 2.75) is 64.8 Å². The van der Waals surface area contributed by atoms with Gasteiger partial charge >= 0.3 is 0 Å². The third-order valence-electron chi connectivity index (χ3n) is 5.10. The minimum Gasteiger partial charge on any atom is -0.353 e.